The Morgan fingerprint density at radius 2 is 1.90 bits per heavy atom. The maximum Gasteiger partial charge on any atom is 0.243 e. The van der Waals surface area contributed by atoms with Crippen molar-refractivity contribution in [3.05, 3.63) is 26.8 Å². The highest BCUT2D eigenvalue weighted by Crippen LogP contribution is 2.26. The van der Waals surface area contributed by atoms with Gasteiger partial charge >= 0.3 is 0 Å². The largest absolute Gasteiger partial charge is 0.347 e. The molecule has 2 rings (SSSR count). The van der Waals surface area contributed by atoms with Crippen LogP contribution in [0.5, 0.6) is 0 Å². The molecule has 9 heteroatoms. The van der Waals surface area contributed by atoms with Crippen LogP contribution in [0.2, 0.25) is 5.02 Å². The van der Waals surface area contributed by atoms with Gasteiger partial charge in [-0.2, -0.15) is 15.0 Å². The Labute approximate surface area is 135 Å². The zero-order valence-corrected chi connectivity index (χ0v) is 13.8. The second-order valence-electron chi connectivity index (χ2n) is 4.07. The van der Waals surface area contributed by atoms with E-state index in [0.717, 1.165) is 3.57 Å². The van der Waals surface area contributed by atoms with E-state index in [2.05, 4.69) is 48.3 Å². The molecule has 0 aliphatic heterocycles. The van der Waals surface area contributed by atoms with Gasteiger partial charge in [-0.1, -0.05) is 11.6 Å². The predicted octanol–water partition coefficient (Wildman–Crippen LogP) is 2.22. The third-order valence-corrected chi connectivity index (χ3v) is 3.31. The van der Waals surface area contributed by atoms with Crippen LogP contribution in [-0.4, -0.2) is 29.0 Å². The molecular formula is C11H13ClIN7. The molecule has 2 aromatic rings. The molecule has 20 heavy (non-hydrogen) atoms. The number of halogens is 2. The Morgan fingerprint density at radius 1 is 1.20 bits per heavy atom. The van der Waals surface area contributed by atoms with Gasteiger partial charge in [0.25, 0.3) is 0 Å². The van der Waals surface area contributed by atoms with E-state index in [1.807, 2.05) is 32.3 Å². The van der Waals surface area contributed by atoms with Crippen LogP contribution in [0.15, 0.2) is 18.2 Å². The second kappa shape index (κ2) is 6.37. The maximum absolute atomic E-state index is 6.17. The summed E-state index contributed by atoms with van der Waals surface area (Å²) in [6.45, 7) is 0. The van der Waals surface area contributed by atoms with Crippen LogP contribution in [0, 0.1) is 3.57 Å². The molecule has 0 saturated heterocycles. The van der Waals surface area contributed by atoms with E-state index in [1.54, 1.807) is 4.90 Å². The number of hydrazine groups is 1. The van der Waals surface area contributed by atoms with E-state index in [9.17, 15) is 0 Å². The lowest BCUT2D eigenvalue weighted by Crippen LogP contribution is -2.18. The Balaban J connectivity index is 2.34. The molecule has 106 valence electrons. The number of hydrogen-bond donors (Lipinski definition) is 3. The summed E-state index contributed by atoms with van der Waals surface area (Å²) in [7, 11) is 3.66. The van der Waals surface area contributed by atoms with Gasteiger partial charge in [0, 0.05) is 17.7 Å². The summed E-state index contributed by atoms with van der Waals surface area (Å²) in [4.78, 5) is 14.3. The van der Waals surface area contributed by atoms with Crippen LogP contribution >= 0.6 is 34.2 Å². The van der Waals surface area contributed by atoms with Crippen molar-refractivity contribution in [2.24, 2.45) is 5.84 Å². The van der Waals surface area contributed by atoms with Crippen LogP contribution in [-0.2, 0) is 0 Å². The van der Waals surface area contributed by atoms with E-state index in [4.69, 9.17) is 17.4 Å². The van der Waals surface area contributed by atoms with Crippen molar-refractivity contribution in [1.82, 2.24) is 15.0 Å². The van der Waals surface area contributed by atoms with Crippen molar-refractivity contribution in [1.29, 1.82) is 0 Å². The average molecular weight is 406 g/mol. The molecule has 0 aliphatic rings. The van der Waals surface area contributed by atoms with E-state index in [1.165, 1.54) is 0 Å². The zero-order chi connectivity index (χ0) is 14.7. The van der Waals surface area contributed by atoms with E-state index in [0.29, 0.717) is 22.6 Å². The lowest BCUT2D eigenvalue weighted by atomic mass is 10.3. The third kappa shape index (κ3) is 3.58. The molecule has 0 saturated carbocycles. The summed E-state index contributed by atoms with van der Waals surface area (Å²) in [5.41, 5.74) is 3.12. The van der Waals surface area contributed by atoms with Gasteiger partial charge in [0.05, 0.1) is 10.7 Å². The molecule has 7 nitrogen and oxygen atoms in total. The van der Waals surface area contributed by atoms with Crippen LogP contribution in [0.3, 0.4) is 0 Å². The van der Waals surface area contributed by atoms with E-state index >= 15 is 0 Å². The quantitative estimate of drug-likeness (QED) is 0.408. The number of nitrogens with zero attached hydrogens (tertiary/aromatic N) is 4. The molecule has 0 amide bonds. The van der Waals surface area contributed by atoms with Gasteiger partial charge in [-0.3, -0.25) is 5.43 Å². The Kier molecular flexibility index (Phi) is 4.78. The normalized spacial score (nSPS) is 10.2. The highest BCUT2D eigenvalue weighted by molar-refractivity contribution is 14.1. The molecule has 1 heterocycles. The first-order valence-electron chi connectivity index (χ1n) is 5.61. The van der Waals surface area contributed by atoms with Gasteiger partial charge in [-0.25, -0.2) is 5.84 Å². The van der Waals surface area contributed by atoms with Crippen molar-refractivity contribution in [3.8, 4) is 0 Å². The molecule has 1 aromatic heterocycles. The highest BCUT2D eigenvalue weighted by Gasteiger charge is 2.09. The molecular weight excluding hydrogens is 393 g/mol. The van der Waals surface area contributed by atoms with Gasteiger partial charge in [0.1, 0.15) is 0 Å². The maximum atomic E-state index is 6.17. The minimum Gasteiger partial charge on any atom is -0.347 e. The second-order valence-corrected chi connectivity index (χ2v) is 5.72. The lowest BCUT2D eigenvalue weighted by molar-refractivity contribution is 0.957. The fourth-order valence-corrected chi connectivity index (χ4v) is 2.30. The summed E-state index contributed by atoms with van der Waals surface area (Å²) >= 11 is 8.36. The summed E-state index contributed by atoms with van der Waals surface area (Å²) in [5, 5.41) is 3.64. The number of rotatable bonds is 4. The minimum atomic E-state index is 0.271. The molecule has 1 aromatic carbocycles. The SMILES string of the molecule is CN(C)c1nc(NN)nc(Nc2ccc(I)cc2Cl)n1. The number of nitrogens with one attached hydrogen (secondary N) is 2. The first-order valence-corrected chi connectivity index (χ1v) is 7.07. The van der Waals surface area contributed by atoms with Gasteiger partial charge in [-0.05, 0) is 40.8 Å². The number of aromatic nitrogens is 3. The molecule has 0 unspecified atom stereocenters. The number of hydrogen-bond acceptors (Lipinski definition) is 7. The fraction of sp³-hybridized carbons (Fsp3) is 0.182. The van der Waals surface area contributed by atoms with Crippen LogP contribution < -0.4 is 21.5 Å². The number of benzene rings is 1. The standard InChI is InChI=1S/C11H13ClIN7/c1-20(2)11-17-9(16-10(18-11)19-14)15-8-4-3-6(13)5-7(8)12/h3-5H,14H2,1-2H3,(H2,15,16,17,18,19). The van der Waals surface area contributed by atoms with E-state index < -0.39 is 0 Å². The third-order valence-electron chi connectivity index (χ3n) is 2.33. The summed E-state index contributed by atoms with van der Waals surface area (Å²) < 4.78 is 1.05. The first-order chi connectivity index (χ1) is 9.49. The van der Waals surface area contributed by atoms with Gasteiger partial charge < -0.3 is 10.2 Å². The molecule has 0 bridgehead atoms. The zero-order valence-electron chi connectivity index (χ0n) is 10.9. The molecule has 0 fully saturated rings. The van der Waals surface area contributed by atoms with Gasteiger partial charge in [0.2, 0.25) is 17.8 Å². The Bertz CT molecular complexity index is 620. The van der Waals surface area contributed by atoms with Crippen molar-refractivity contribution >= 4 is 57.7 Å². The fourth-order valence-electron chi connectivity index (χ4n) is 1.40. The van der Waals surface area contributed by atoms with Crippen molar-refractivity contribution in [3.63, 3.8) is 0 Å². The monoisotopic (exact) mass is 405 g/mol. The molecule has 0 radical (unpaired) electrons. The van der Waals surface area contributed by atoms with Gasteiger partial charge in [0.15, 0.2) is 0 Å². The van der Waals surface area contributed by atoms with Gasteiger partial charge in [-0.15, -0.1) is 0 Å². The molecule has 0 aliphatic carbocycles. The van der Waals surface area contributed by atoms with Crippen LogP contribution in [0.4, 0.5) is 23.5 Å². The summed E-state index contributed by atoms with van der Waals surface area (Å²) in [5.74, 6) is 6.47. The van der Waals surface area contributed by atoms with Crippen LogP contribution in [0.1, 0.15) is 0 Å². The highest BCUT2D eigenvalue weighted by atomic mass is 127. The van der Waals surface area contributed by atoms with Crippen LogP contribution in [0.25, 0.3) is 0 Å². The topological polar surface area (TPSA) is 92.0 Å². The molecule has 0 spiro atoms. The van der Waals surface area contributed by atoms with Crippen molar-refractivity contribution < 1.29 is 0 Å². The smallest absolute Gasteiger partial charge is 0.243 e. The van der Waals surface area contributed by atoms with Crippen molar-refractivity contribution in [2.75, 3.05) is 29.7 Å². The van der Waals surface area contributed by atoms with E-state index in [-0.39, 0.29) is 5.95 Å². The summed E-state index contributed by atoms with van der Waals surface area (Å²) in [6, 6.07) is 5.64. The first kappa shape index (κ1) is 15.0. The number of anilines is 4. The van der Waals surface area contributed by atoms with Crippen molar-refractivity contribution in [2.45, 2.75) is 0 Å². The minimum absolute atomic E-state index is 0.271. The Hall–Kier alpha value is -1.39. The Morgan fingerprint density at radius 3 is 2.50 bits per heavy atom. The predicted molar refractivity (Wildman–Crippen MR) is 89.4 cm³/mol. The molecule has 4 N–H and O–H groups in total. The number of nitrogens with two attached hydrogens (primary N) is 1. The number of nitrogen functional groups attached to an aromatic ring is 1. The lowest BCUT2D eigenvalue weighted by Gasteiger charge is -2.13. The summed E-state index contributed by atoms with van der Waals surface area (Å²) in [6.07, 6.45) is 0. The molecule has 0 atom stereocenters. The average Bonchev–Trinajstić information content (AvgIpc) is 2.41.